The van der Waals surface area contributed by atoms with Crippen molar-refractivity contribution >= 4 is 0 Å². The molecule has 0 aromatic heterocycles. The van der Waals surface area contributed by atoms with E-state index < -0.39 is 0 Å². The zero-order chi connectivity index (χ0) is 10.7. The Morgan fingerprint density at radius 2 is 2.20 bits per heavy atom. The molecule has 1 saturated heterocycles. The third-order valence-electron chi connectivity index (χ3n) is 2.97. The van der Waals surface area contributed by atoms with E-state index in [0.717, 1.165) is 18.6 Å². The van der Waals surface area contributed by atoms with Crippen LogP contribution in [0.15, 0.2) is 24.3 Å². The van der Waals surface area contributed by atoms with Crippen molar-refractivity contribution in [1.82, 2.24) is 0 Å². The van der Waals surface area contributed by atoms with Gasteiger partial charge in [-0.1, -0.05) is 18.2 Å². The number of halogens is 1. The van der Waals surface area contributed by atoms with Crippen LogP contribution in [0.25, 0.3) is 0 Å². The van der Waals surface area contributed by atoms with Gasteiger partial charge in [-0.3, -0.25) is 0 Å². The summed E-state index contributed by atoms with van der Waals surface area (Å²) in [7, 11) is 0. The highest BCUT2D eigenvalue weighted by molar-refractivity contribution is 5.18. The molecular weight excluding hydrogens is 193 g/mol. The largest absolute Gasteiger partial charge is 0.381 e. The lowest BCUT2D eigenvalue weighted by Crippen LogP contribution is -2.39. The highest BCUT2D eigenvalue weighted by atomic mass is 19.1. The topological polar surface area (TPSA) is 35.2 Å². The summed E-state index contributed by atoms with van der Waals surface area (Å²) in [6.07, 6.45) is 1.55. The first kappa shape index (κ1) is 10.6. The minimum Gasteiger partial charge on any atom is -0.381 e. The first-order valence-corrected chi connectivity index (χ1v) is 5.34. The number of hydrogen-bond donors (Lipinski definition) is 1. The lowest BCUT2D eigenvalue weighted by atomic mass is 9.90. The van der Waals surface area contributed by atoms with E-state index in [1.807, 2.05) is 12.1 Å². The van der Waals surface area contributed by atoms with E-state index in [1.165, 1.54) is 6.07 Å². The Morgan fingerprint density at radius 3 is 2.93 bits per heavy atom. The molecule has 1 aromatic carbocycles. The van der Waals surface area contributed by atoms with Gasteiger partial charge in [0.05, 0.1) is 6.61 Å². The van der Waals surface area contributed by atoms with Gasteiger partial charge in [0.15, 0.2) is 0 Å². The average molecular weight is 209 g/mol. The van der Waals surface area contributed by atoms with Crippen molar-refractivity contribution in [2.75, 3.05) is 13.2 Å². The molecule has 0 saturated carbocycles. The van der Waals surface area contributed by atoms with Crippen molar-refractivity contribution in [2.24, 2.45) is 11.7 Å². The number of nitrogens with two attached hydrogens (primary N) is 1. The molecule has 15 heavy (non-hydrogen) atoms. The standard InChI is InChI=1S/C12H16FNO/c13-11-4-2-1-3-9(11)7-10-8-15-6-5-12(10)14/h1-4,10,12H,5-8,14H2. The zero-order valence-electron chi connectivity index (χ0n) is 8.66. The van der Waals surface area contributed by atoms with Gasteiger partial charge in [-0.25, -0.2) is 4.39 Å². The van der Waals surface area contributed by atoms with E-state index >= 15 is 0 Å². The number of ether oxygens (including phenoxy) is 1. The van der Waals surface area contributed by atoms with Crippen LogP contribution in [0.4, 0.5) is 4.39 Å². The third kappa shape index (κ3) is 2.55. The molecule has 1 aliphatic heterocycles. The second kappa shape index (κ2) is 4.73. The van der Waals surface area contributed by atoms with Crippen LogP contribution in [-0.2, 0) is 11.2 Å². The van der Waals surface area contributed by atoms with E-state index in [-0.39, 0.29) is 17.8 Å². The summed E-state index contributed by atoms with van der Waals surface area (Å²) in [5.41, 5.74) is 6.71. The van der Waals surface area contributed by atoms with Crippen LogP contribution < -0.4 is 5.73 Å². The number of rotatable bonds is 2. The fraction of sp³-hybridized carbons (Fsp3) is 0.500. The Labute approximate surface area is 89.2 Å². The molecular formula is C12H16FNO. The van der Waals surface area contributed by atoms with Gasteiger partial charge < -0.3 is 10.5 Å². The average Bonchev–Trinajstić information content (AvgIpc) is 2.24. The van der Waals surface area contributed by atoms with Crippen LogP contribution in [0.5, 0.6) is 0 Å². The second-order valence-electron chi connectivity index (χ2n) is 4.08. The van der Waals surface area contributed by atoms with Gasteiger partial charge in [0, 0.05) is 18.6 Å². The monoisotopic (exact) mass is 209 g/mol. The molecule has 2 rings (SSSR count). The van der Waals surface area contributed by atoms with Crippen LogP contribution in [-0.4, -0.2) is 19.3 Å². The zero-order valence-corrected chi connectivity index (χ0v) is 8.66. The molecule has 2 atom stereocenters. The molecule has 1 fully saturated rings. The Bertz CT molecular complexity index is 329. The quantitative estimate of drug-likeness (QED) is 0.805. The SMILES string of the molecule is NC1CCOCC1Cc1ccccc1F. The number of benzene rings is 1. The van der Waals surface area contributed by atoms with E-state index in [0.29, 0.717) is 13.0 Å². The molecule has 2 nitrogen and oxygen atoms in total. The van der Waals surface area contributed by atoms with Crippen LogP contribution in [0, 0.1) is 11.7 Å². The van der Waals surface area contributed by atoms with Gasteiger partial charge in [0.1, 0.15) is 5.82 Å². The summed E-state index contributed by atoms with van der Waals surface area (Å²) in [5, 5.41) is 0. The normalized spacial score (nSPS) is 26.5. The maximum absolute atomic E-state index is 13.4. The van der Waals surface area contributed by atoms with Gasteiger partial charge >= 0.3 is 0 Å². The fourth-order valence-corrected chi connectivity index (χ4v) is 1.97. The highest BCUT2D eigenvalue weighted by Crippen LogP contribution is 2.19. The van der Waals surface area contributed by atoms with Gasteiger partial charge in [-0.05, 0) is 24.5 Å². The molecule has 0 bridgehead atoms. The Hall–Kier alpha value is -0.930. The Balaban J connectivity index is 2.04. The van der Waals surface area contributed by atoms with Crippen LogP contribution in [0.3, 0.4) is 0 Å². The van der Waals surface area contributed by atoms with Crippen LogP contribution in [0.1, 0.15) is 12.0 Å². The molecule has 82 valence electrons. The summed E-state index contributed by atoms with van der Waals surface area (Å²) in [4.78, 5) is 0. The molecule has 0 amide bonds. The number of hydrogen-bond acceptors (Lipinski definition) is 2. The third-order valence-corrected chi connectivity index (χ3v) is 2.97. The molecule has 3 heteroatoms. The Morgan fingerprint density at radius 1 is 1.40 bits per heavy atom. The van der Waals surface area contributed by atoms with E-state index in [2.05, 4.69) is 0 Å². The minimum atomic E-state index is -0.143. The molecule has 2 N–H and O–H groups in total. The van der Waals surface area contributed by atoms with Gasteiger partial charge in [-0.2, -0.15) is 0 Å². The van der Waals surface area contributed by atoms with Gasteiger partial charge in [0.25, 0.3) is 0 Å². The summed E-state index contributed by atoms with van der Waals surface area (Å²) >= 11 is 0. The van der Waals surface area contributed by atoms with E-state index in [4.69, 9.17) is 10.5 Å². The molecule has 1 aliphatic rings. The van der Waals surface area contributed by atoms with Crippen molar-refractivity contribution < 1.29 is 9.13 Å². The lowest BCUT2D eigenvalue weighted by Gasteiger charge is -2.28. The molecule has 0 radical (unpaired) electrons. The van der Waals surface area contributed by atoms with Crippen LogP contribution in [0.2, 0.25) is 0 Å². The van der Waals surface area contributed by atoms with Crippen molar-refractivity contribution in [1.29, 1.82) is 0 Å². The molecule has 0 spiro atoms. The molecule has 1 heterocycles. The first-order valence-electron chi connectivity index (χ1n) is 5.34. The smallest absolute Gasteiger partial charge is 0.126 e. The molecule has 0 aliphatic carbocycles. The highest BCUT2D eigenvalue weighted by Gasteiger charge is 2.23. The van der Waals surface area contributed by atoms with E-state index in [9.17, 15) is 4.39 Å². The Kier molecular flexibility index (Phi) is 3.34. The minimum absolute atomic E-state index is 0.137. The maximum Gasteiger partial charge on any atom is 0.126 e. The molecule has 1 aromatic rings. The lowest BCUT2D eigenvalue weighted by molar-refractivity contribution is 0.0419. The summed E-state index contributed by atoms with van der Waals surface area (Å²) < 4.78 is 18.8. The van der Waals surface area contributed by atoms with Crippen molar-refractivity contribution in [3.8, 4) is 0 Å². The van der Waals surface area contributed by atoms with Crippen molar-refractivity contribution in [3.63, 3.8) is 0 Å². The van der Waals surface area contributed by atoms with Crippen LogP contribution >= 0.6 is 0 Å². The van der Waals surface area contributed by atoms with E-state index in [1.54, 1.807) is 6.07 Å². The van der Waals surface area contributed by atoms with Crippen molar-refractivity contribution in [3.05, 3.63) is 35.6 Å². The predicted octanol–water partition coefficient (Wildman–Crippen LogP) is 1.73. The van der Waals surface area contributed by atoms with Gasteiger partial charge in [-0.15, -0.1) is 0 Å². The fourth-order valence-electron chi connectivity index (χ4n) is 1.97. The van der Waals surface area contributed by atoms with Crippen molar-refractivity contribution in [2.45, 2.75) is 18.9 Å². The first-order chi connectivity index (χ1) is 7.27. The van der Waals surface area contributed by atoms with Gasteiger partial charge in [0.2, 0.25) is 0 Å². The maximum atomic E-state index is 13.4. The predicted molar refractivity (Wildman–Crippen MR) is 57.0 cm³/mol. The second-order valence-corrected chi connectivity index (χ2v) is 4.08. The summed E-state index contributed by atoms with van der Waals surface area (Å²) in [5.74, 6) is 0.103. The molecule has 2 unspecified atom stereocenters. The summed E-state index contributed by atoms with van der Waals surface area (Å²) in [6.45, 7) is 1.38. The summed E-state index contributed by atoms with van der Waals surface area (Å²) in [6, 6.07) is 7.00.